The minimum atomic E-state index is -4.99. The Kier molecular flexibility index (Phi) is 5.28. The van der Waals surface area contributed by atoms with Gasteiger partial charge in [0.2, 0.25) is 5.60 Å². The quantitative estimate of drug-likeness (QED) is 0.886. The highest BCUT2D eigenvalue weighted by molar-refractivity contribution is 5.85. The van der Waals surface area contributed by atoms with Crippen molar-refractivity contribution < 1.29 is 23.1 Å². The number of alkyl halides is 3. The third-order valence-corrected chi connectivity index (χ3v) is 5.09. The summed E-state index contributed by atoms with van der Waals surface area (Å²) in [5, 5.41) is 14.0. The Bertz CT molecular complexity index is 779. The molecule has 3 rings (SSSR count). The molecule has 0 aliphatic carbocycles. The first-order valence-corrected chi connectivity index (χ1v) is 8.84. The average Bonchev–Trinajstić information content (AvgIpc) is 3.09. The van der Waals surface area contributed by atoms with E-state index in [1.807, 2.05) is 41.1 Å². The first kappa shape index (κ1) is 19.4. The molecule has 0 radical (unpaired) electrons. The number of amides is 1. The molecule has 0 spiro atoms. The number of carbonyl (C=O) groups excluding carboxylic acids is 1. The molecule has 1 atom stereocenters. The Morgan fingerprint density at radius 2 is 1.81 bits per heavy atom. The van der Waals surface area contributed by atoms with Gasteiger partial charge in [-0.15, -0.1) is 0 Å². The largest absolute Gasteiger partial charge is 0.426 e. The maximum Gasteiger partial charge on any atom is 0.426 e. The molecule has 1 unspecified atom stereocenters. The van der Waals surface area contributed by atoms with Gasteiger partial charge in [-0.3, -0.25) is 9.48 Å². The lowest BCUT2D eigenvalue weighted by Gasteiger charge is -2.36. The first-order chi connectivity index (χ1) is 12.7. The van der Waals surface area contributed by atoms with Crippen molar-refractivity contribution in [3.05, 3.63) is 53.9 Å². The van der Waals surface area contributed by atoms with Crippen LogP contribution in [0.25, 0.3) is 0 Å². The summed E-state index contributed by atoms with van der Waals surface area (Å²) in [7, 11) is 0. The molecule has 2 aromatic rings. The lowest BCUT2D eigenvalue weighted by molar-refractivity contribution is -0.250. The van der Waals surface area contributed by atoms with Crippen LogP contribution in [0.1, 0.15) is 36.9 Å². The van der Waals surface area contributed by atoms with E-state index in [-0.39, 0.29) is 19.0 Å². The zero-order valence-electron chi connectivity index (χ0n) is 15.0. The predicted octanol–water partition coefficient (Wildman–Crippen LogP) is 2.95. The number of carbonyl (C=O) groups is 1. The monoisotopic (exact) mass is 381 g/mol. The van der Waals surface area contributed by atoms with Crippen LogP contribution in [0.4, 0.5) is 13.2 Å². The van der Waals surface area contributed by atoms with Crippen LogP contribution in [0.3, 0.4) is 0 Å². The number of halogens is 3. The minimum absolute atomic E-state index is 0.107. The van der Waals surface area contributed by atoms with Crippen LogP contribution in [-0.2, 0) is 11.3 Å². The number of aromatic nitrogens is 2. The number of hydrogen-bond acceptors (Lipinski definition) is 3. The second kappa shape index (κ2) is 7.34. The fraction of sp³-hybridized carbons (Fsp3) is 0.474. The van der Waals surface area contributed by atoms with Crippen LogP contribution in [0.2, 0.25) is 0 Å². The molecule has 146 valence electrons. The van der Waals surface area contributed by atoms with Crippen molar-refractivity contribution >= 4 is 5.91 Å². The number of benzene rings is 1. The normalized spacial score (nSPS) is 18.3. The summed E-state index contributed by atoms with van der Waals surface area (Å²) in [6, 6.07) is 11.8. The molecule has 2 heterocycles. The van der Waals surface area contributed by atoms with Gasteiger partial charge >= 0.3 is 6.18 Å². The molecule has 0 saturated carbocycles. The van der Waals surface area contributed by atoms with E-state index >= 15 is 0 Å². The maximum atomic E-state index is 12.9. The molecule has 1 fully saturated rings. The van der Waals surface area contributed by atoms with Crippen molar-refractivity contribution in [3.63, 3.8) is 0 Å². The van der Waals surface area contributed by atoms with Crippen LogP contribution < -0.4 is 0 Å². The SMILES string of the molecule is CC(O)(C(=O)N1CCC(c2ccnn2Cc2ccccc2)CC1)C(F)(F)F. The highest BCUT2D eigenvalue weighted by Gasteiger charge is 2.57. The topological polar surface area (TPSA) is 58.4 Å². The van der Waals surface area contributed by atoms with E-state index in [0.717, 1.165) is 16.2 Å². The van der Waals surface area contributed by atoms with E-state index in [1.165, 1.54) is 0 Å². The molecule has 5 nitrogen and oxygen atoms in total. The van der Waals surface area contributed by atoms with Gasteiger partial charge in [0.05, 0.1) is 6.54 Å². The Morgan fingerprint density at radius 3 is 2.41 bits per heavy atom. The van der Waals surface area contributed by atoms with Gasteiger partial charge in [-0.2, -0.15) is 18.3 Å². The summed E-state index contributed by atoms with van der Waals surface area (Å²) < 4.78 is 40.6. The smallest absolute Gasteiger partial charge is 0.373 e. The lowest BCUT2D eigenvalue weighted by Crippen LogP contribution is -2.57. The number of nitrogens with zero attached hydrogens (tertiary/aromatic N) is 3. The van der Waals surface area contributed by atoms with Gasteiger partial charge < -0.3 is 10.0 Å². The molecule has 1 aliphatic rings. The van der Waals surface area contributed by atoms with E-state index in [4.69, 9.17) is 0 Å². The van der Waals surface area contributed by atoms with Crippen LogP contribution >= 0.6 is 0 Å². The van der Waals surface area contributed by atoms with E-state index in [2.05, 4.69) is 5.10 Å². The fourth-order valence-electron chi connectivity index (χ4n) is 3.39. The Morgan fingerprint density at radius 1 is 1.19 bits per heavy atom. The number of aliphatic hydroxyl groups is 1. The lowest BCUT2D eigenvalue weighted by atomic mass is 9.92. The summed E-state index contributed by atoms with van der Waals surface area (Å²) in [4.78, 5) is 13.2. The summed E-state index contributed by atoms with van der Waals surface area (Å²) >= 11 is 0. The highest BCUT2D eigenvalue weighted by Crippen LogP contribution is 2.34. The van der Waals surface area contributed by atoms with Crippen molar-refractivity contribution in [3.8, 4) is 0 Å². The van der Waals surface area contributed by atoms with Gasteiger partial charge in [0.1, 0.15) is 0 Å². The van der Waals surface area contributed by atoms with Gasteiger partial charge in [0, 0.05) is 30.9 Å². The van der Waals surface area contributed by atoms with E-state index in [9.17, 15) is 23.1 Å². The molecular weight excluding hydrogens is 359 g/mol. The van der Waals surface area contributed by atoms with E-state index in [1.54, 1.807) is 6.20 Å². The van der Waals surface area contributed by atoms with E-state index < -0.39 is 17.7 Å². The third-order valence-electron chi connectivity index (χ3n) is 5.09. The van der Waals surface area contributed by atoms with Crippen LogP contribution in [0, 0.1) is 0 Å². The summed E-state index contributed by atoms with van der Waals surface area (Å²) in [5.74, 6) is -1.18. The van der Waals surface area contributed by atoms with Gasteiger partial charge in [-0.1, -0.05) is 30.3 Å². The standard InChI is InChI=1S/C19H22F3N3O2/c1-18(27,19(20,21)22)17(26)24-11-8-15(9-12-24)16-7-10-23-25(16)13-14-5-3-2-4-6-14/h2-7,10,15,27H,8-9,11-13H2,1H3. The van der Waals surface area contributed by atoms with Gasteiger partial charge in [0.15, 0.2) is 0 Å². The van der Waals surface area contributed by atoms with Crippen molar-refractivity contribution in [2.24, 2.45) is 0 Å². The molecule has 1 saturated heterocycles. The van der Waals surface area contributed by atoms with E-state index in [0.29, 0.717) is 26.3 Å². The van der Waals surface area contributed by atoms with Crippen molar-refractivity contribution in [1.82, 2.24) is 14.7 Å². The molecular formula is C19H22F3N3O2. The molecule has 8 heteroatoms. The average molecular weight is 381 g/mol. The minimum Gasteiger partial charge on any atom is -0.373 e. The highest BCUT2D eigenvalue weighted by atomic mass is 19.4. The molecule has 1 aromatic heterocycles. The fourth-order valence-corrected chi connectivity index (χ4v) is 3.39. The van der Waals surface area contributed by atoms with Crippen LogP contribution in [-0.4, -0.2) is 50.6 Å². The zero-order chi connectivity index (χ0) is 19.7. The summed E-state index contributed by atoms with van der Waals surface area (Å²) in [6.45, 7) is 1.47. The molecule has 27 heavy (non-hydrogen) atoms. The molecule has 1 N–H and O–H groups in total. The maximum absolute atomic E-state index is 12.9. The predicted molar refractivity (Wildman–Crippen MR) is 93.0 cm³/mol. The van der Waals surface area contributed by atoms with Crippen LogP contribution in [0.5, 0.6) is 0 Å². The Labute approximate surface area is 155 Å². The number of likely N-dealkylation sites (tertiary alicyclic amines) is 1. The van der Waals surface area contributed by atoms with Gasteiger partial charge in [0.25, 0.3) is 5.91 Å². The van der Waals surface area contributed by atoms with Crippen molar-refractivity contribution in [2.75, 3.05) is 13.1 Å². The van der Waals surface area contributed by atoms with Gasteiger partial charge in [-0.05, 0) is 31.4 Å². The third kappa shape index (κ3) is 4.00. The number of piperidine rings is 1. The zero-order valence-corrected chi connectivity index (χ0v) is 15.0. The number of rotatable bonds is 4. The van der Waals surface area contributed by atoms with Crippen LogP contribution in [0.15, 0.2) is 42.6 Å². The first-order valence-electron chi connectivity index (χ1n) is 8.84. The van der Waals surface area contributed by atoms with Gasteiger partial charge in [-0.25, -0.2) is 0 Å². The molecule has 1 aliphatic heterocycles. The molecule has 1 aromatic carbocycles. The summed E-state index contributed by atoms with van der Waals surface area (Å²) in [5.41, 5.74) is -1.24. The van der Waals surface area contributed by atoms with Crippen molar-refractivity contribution in [1.29, 1.82) is 0 Å². The summed E-state index contributed by atoms with van der Waals surface area (Å²) in [6.07, 6.45) is -2.22. The Hall–Kier alpha value is -2.35. The molecule has 1 amide bonds. The molecule has 0 bridgehead atoms. The second-order valence-electron chi connectivity index (χ2n) is 7.04. The second-order valence-corrected chi connectivity index (χ2v) is 7.04. The Balaban J connectivity index is 1.65. The number of hydrogen-bond donors (Lipinski definition) is 1. The van der Waals surface area contributed by atoms with Crippen molar-refractivity contribution in [2.45, 2.75) is 44.0 Å².